The van der Waals surface area contributed by atoms with Crippen LogP contribution in [-0.4, -0.2) is 41.9 Å². The lowest BCUT2D eigenvalue weighted by molar-refractivity contribution is 0.102. The molecule has 2 aromatic carbocycles. The van der Waals surface area contributed by atoms with Gasteiger partial charge < -0.3 is 4.42 Å². The molecule has 9 heteroatoms. The van der Waals surface area contributed by atoms with Crippen molar-refractivity contribution >= 4 is 21.9 Å². The molecule has 168 valence electrons. The Bertz CT molecular complexity index is 1240. The number of sulfonamides is 1. The SMILES string of the molecule is Cc1ccc(-c2nnc(NC(=O)c3ccc(S(=O)(=O)N4CCC[C@H](C)C4)cc3)o2)c(C)c1. The van der Waals surface area contributed by atoms with E-state index in [0.29, 0.717) is 30.5 Å². The third kappa shape index (κ3) is 4.58. The van der Waals surface area contributed by atoms with E-state index in [0.717, 1.165) is 29.5 Å². The Morgan fingerprint density at radius 1 is 1.12 bits per heavy atom. The molecule has 0 aliphatic carbocycles. The highest BCUT2D eigenvalue weighted by Gasteiger charge is 2.28. The number of carbonyl (C=O) groups is 1. The molecular formula is C23H26N4O4S. The number of nitrogens with one attached hydrogen (secondary N) is 1. The molecule has 3 aromatic rings. The molecule has 1 aliphatic heterocycles. The van der Waals surface area contributed by atoms with Gasteiger partial charge in [-0.15, -0.1) is 5.10 Å². The molecule has 0 radical (unpaired) electrons. The van der Waals surface area contributed by atoms with Gasteiger partial charge in [0.05, 0.1) is 4.90 Å². The first-order valence-corrected chi connectivity index (χ1v) is 12.0. The summed E-state index contributed by atoms with van der Waals surface area (Å²) in [6, 6.07) is 11.7. The van der Waals surface area contributed by atoms with Crippen LogP contribution >= 0.6 is 0 Å². The summed E-state index contributed by atoms with van der Waals surface area (Å²) in [5, 5.41) is 10.5. The number of rotatable bonds is 5. The molecule has 32 heavy (non-hydrogen) atoms. The van der Waals surface area contributed by atoms with Gasteiger partial charge in [-0.3, -0.25) is 10.1 Å². The normalized spacial score (nSPS) is 17.3. The van der Waals surface area contributed by atoms with Gasteiger partial charge in [0.15, 0.2) is 0 Å². The van der Waals surface area contributed by atoms with Crippen molar-refractivity contribution in [3.05, 3.63) is 59.2 Å². The predicted molar refractivity (Wildman–Crippen MR) is 121 cm³/mol. The lowest BCUT2D eigenvalue weighted by Crippen LogP contribution is -2.39. The van der Waals surface area contributed by atoms with Gasteiger partial charge in [0.2, 0.25) is 15.9 Å². The third-order valence-corrected chi connectivity index (χ3v) is 7.51. The van der Waals surface area contributed by atoms with Crippen molar-refractivity contribution in [2.24, 2.45) is 5.92 Å². The minimum atomic E-state index is -3.57. The summed E-state index contributed by atoms with van der Waals surface area (Å²) in [6.07, 6.45) is 1.89. The summed E-state index contributed by atoms with van der Waals surface area (Å²) in [4.78, 5) is 12.8. The molecule has 2 heterocycles. The number of aromatic nitrogens is 2. The van der Waals surface area contributed by atoms with Crippen molar-refractivity contribution in [2.75, 3.05) is 18.4 Å². The minimum absolute atomic E-state index is 0.0241. The smallest absolute Gasteiger partial charge is 0.322 e. The van der Waals surface area contributed by atoms with Crippen LogP contribution in [0, 0.1) is 19.8 Å². The van der Waals surface area contributed by atoms with E-state index >= 15 is 0 Å². The molecule has 1 aromatic heterocycles. The lowest BCUT2D eigenvalue weighted by Gasteiger charge is -2.30. The maximum atomic E-state index is 12.9. The predicted octanol–water partition coefficient (Wildman–Crippen LogP) is 4.03. The Kier molecular flexibility index (Phi) is 6.12. The molecule has 0 saturated carbocycles. The summed E-state index contributed by atoms with van der Waals surface area (Å²) in [6.45, 7) is 7.04. The third-order valence-electron chi connectivity index (χ3n) is 5.63. The second kappa shape index (κ2) is 8.84. The lowest BCUT2D eigenvalue weighted by atomic mass is 10.0. The Hall–Kier alpha value is -3.04. The zero-order valence-electron chi connectivity index (χ0n) is 18.3. The quantitative estimate of drug-likeness (QED) is 0.624. The van der Waals surface area contributed by atoms with Crippen LogP contribution in [0.5, 0.6) is 0 Å². The number of amides is 1. The van der Waals surface area contributed by atoms with Gasteiger partial charge in [0, 0.05) is 24.2 Å². The largest absolute Gasteiger partial charge is 0.403 e. The van der Waals surface area contributed by atoms with Crippen molar-refractivity contribution in [1.82, 2.24) is 14.5 Å². The highest BCUT2D eigenvalue weighted by Crippen LogP contribution is 2.26. The van der Waals surface area contributed by atoms with Gasteiger partial charge >= 0.3 is 6.01 Å². The monoisotopic (exact) mass is 454 g/mol. The van der Waals surface area contributed by atoms with Gasteiger partial charge in [-0.05, 0) is 68.5 Å². The van der Waals surface area contributed by atoms with Crippen molar-refractivity contribution in [3.8, 4) is 11.5 Å². The molecule has 1 fully saturated rings. The van der Waals surface area contributed by atoms with Crippen LogP contribution in [0.4, 0.5) is 6.01 Å². The van der Waals surface area contributed by atoms with E-state index in [1.807, 2.05) is 32.0 Å². The first kappa shape index (κ1) is 22.2. The molecule has 0 bridgehead atoms. The fourth-order valence-electron chi connectivity index (χ4n) is 3.90. The number of nitrogens with zero attached hydrogens (tertiary/aromatic N) is 3. The van der Waals surface area contributed by atoms with E-state index in [1.165, 1.54) is 28.6 Å². The number of hydrogen-bond acceptors (Lipinski definition) is 6. The van der Waals surface area contributed by atoms with Crippen LogP contribution in [0.1, 0.15) is 41.3 Å². The number of benzene rings is 2. The van der Waals surface area contributed by atoms with Crippen molar-refractivity contribution in [2.45, 2.75) is 38.5 Å². The number of aryl methyl sites for hydroxylation is 2. The van der Waals surface area contributed by atoms with Crippen molar-refractivity contribution in [3.63, 3.8) is 0 Å². The molecule has 1 amide bonds. The fourth-order valence-corrected chi connectivity index (χ4v) is 5.50. The second-order valence-corrected chi connectivity index (χ2v) is 10.3. The highest BCUT2D eigenvalue weighted by atomic mass is 32.2. The van der Waals surface area contributed by atoms with Gasteiger partial charge in [0.1, 0.15) is 0 Å². The van der Waals surface area contributed by atoms with Gasteiger partial charge in [-0.25, -0.2) is 8.42 Å². The topological polar surface area (TPSA) is 105 Å². The maximum Gasteiger partial charge on any atom is 0.322 e. The molecule has 1 N–H and O–H groups in total. The molecule has 1 aliphatic rings. The Morgan fingerprint density at radius 3 is 2.56 bits per heavy atom. The second-order valence-electron chi connectivity index (χ2n) is 8.32. The van der Waals surface area contributed by atoms with Crippen molar-refractivity contribution in [1.29, 1.82) is 0 Å². The van der Waals surface area contributed by atoms with E-state index in [9.17, 15) is 13.2 Å². The van der Waals surface area contributed by atoms with Crippen LogP contribution in [0.15, 0.2) is 51.8 Å². The average molecular weight is 455 g/mol. The van der Waals surface area contributed by atoms with Gasteiger partial charge in [0.25, 0.3) is 5.91 Å². The number of piperidine rings is 1. The maximum absolute atomic E-state index is 12.9. The molecule has 1 saturated heterocycles. The summed E-state index contributed by atoms with van der Waals surface area (Å²) < 4.78 is 32.9. The minimum Gasteiger partial charge on any atom is -0.403 e. The summed E-state index contributed by atoms with van der Waals surface area (Å²) in [7, 11) is -3.57. The fraction of sp³-hybridized carbons (Fsp3) is 0.348. The molecule has 4 rings (SSSR count). The van der Waals surface area contributed by atoms with Gasteiger partial charge in [-0.2, -0.15) is 4.31 Å². The first-order chi connectivity index (χ1) is 15.2. The molecule has 0 spiro atoms. The Labute approximate surface area is 187 Å². The summed E-state index contributed by atoms with van der Waals surface area (Å²) in [5.74, 6) is 0.193. The summed E-state index contributed by atoms with van der Waals surface area (Å²) >= 11 is 0. The molecule has 8 nitrogen and oxygen atoms in total. The average Bonchev–Trinajstić information content (AvgIpc) is 3.22. The zero-order chi connectivity index (χ0) is 22.9. The van der Waals surface area contributed by atoms with Crippen LogP contribution in [0.25, 0.3) is 11.5 Å². The zero-order valence-corrected chi connectivity index (χ0v) is 19.1. The Balaban J connectivity index is 1.46. The van der Waals surface area contributed by atoms with Crippen molar-refractivity contribution < 1.29 is 17.6 Å². The number of hydrogen-bond donors (Lipinski definition) is 1. The first-order valence-electron chi connectivity index (χ1n) is 10.6. The van der Waals surface area contributed by atoms with E-state index < -0.39 is 15.9 Å². The molecule has 0 unspecified atom stereocenters. The van der Waals surface area contributed by atoms with Crippen LogP contribution < -0.4 is 5.32 Å². The Morgan fingerprint density at radius 2 is 1.88 bits per heavy atom. The standard InChI is InChI=1S/C23H26N4O4S/c1-15-6-11-20(17(3)13-15)22-25-26-23(31-22)24-21(28)18-7-9-19(10-8-18)32(29,30)27-12-4-5-16(2)14-27/h6-11,13,16H,4-5,12,14H2,1-3H3,(H,24,26,28)/t16-/m0/s1. The van der Waals surface area contributed by atoms with Gasteiger partial charge in [-0.1, -0.05) is 29.7 Å². The molecule has 1 atom stereocenters. The van der Waals surface area contributed by atoms with E-state index in [1.54, 1.807) is 0 Å². The highest BCUT2D eigenvalue weighted by molar-refractivity contribution is 7.89. The summed E-state index contributed by atoms with van der Waals surface area (Å²) in [5.41, 5.74) is 3.21. The van der Waals surface area contributed by atoms with E-state index in [2.05, 4.69) is 22.4 Å². The van der Waals surface area contributed by atoms with E-state index in [-0.39, 0.29) is 10.9 Å². The molecular weight excluding hydrogens is 428 g/mol. The number of anilines is 1. The van der Waals surface area contributed by atoms with Crippen LogP contribution in [-0.2, 0) is 10.0 Å². The van der Waals surface area contributed by atoms with Crippen LogP contribution in [0.2, 0.25) is 0 Å². The van der Waals surface area contributed by atoms with Crippen LogP contribution in [0.3, 0.4) is 0 Å². The number of carbonyl (C=O) groups excluding carboxylic acids is 1. The van der Waals surface area contributed by atoms with E-state index in [4.69, 9.17) is 4.42 Å².